The molecule has 0 heterocycles. The molecular formula is C4H8NO2-. The fourth-order valence-corrected chi connectivity index (χ4v) is 0.188. The number of hydrogen-bond donors (Lipinski definition) is 0. The van der Waals surface area contributed by atoms with Gasteiger partial charge in [-0.2, -0.15) is 0 Å². The summed E-state index contributed by atoms with van der Waals surface area (Å²) in [5, 5.41) is 10.1. The molecule has 0 atom stereocenters. The highest BCUT2D eigenvalue weighted by molar-refractivity contribution is 5.72. The minimum atomic E-state index is -0.220. The van der Waals surface area contributed by atoms with Crippen molar-refractivity contribution in [3.8, 4) is 0 Å². The average molecular weight is 102 g/mol. The SMILES string of the molecule is CN=C([O-])COC. The van der Waals surface area contributed by atoms with Crippen molar-refractivity contribution in [2.24, 2.45) is 4.99 Å². The van der Waals surface area contributed by atoms with Crippen LogP contribution in [0, 0.1) is 0 Å². The van der Waals surface area contributed by atoms with E-state index in [2.05, 4.69) is 9.73 Å². The lowest BCUT2D eigenvalue weighted by atomic mass is 10.7. The molecule has 0 aromatic carbocycles. The van der Waals surface area contributed by atoms with Crippen molar-refractivity contribution in [1.82, 2.24) is 0 Å². The second-order valence-electron chi connectivity index (χ2n) is 1.05. The third-order valence-corrected chi connectivity index (χ3v) is 0.517. The Hall–Kier alpha value is -0.570. The maximum Gasteiger partial charge on any atom is 0.0739 e. The van der Waals surface area contributed by atoms with Gasteiger partial charge in [0.1, 0.15) is 0 Å². The molecule has 0 bridgehead atoms. The van der Waals surface area contributed by atoms with Crippen molar-refractivity contribution in [3.05, 3.63) is 0 Å². The summed E-state index contributed by atoms with van der Waals surface area (Å²) in [5.41, 5.74) is 0. The molecule has 0 aliphatic heterocycles. The Labute approximate surface area is 42.6 Å². The molecule has 0 aromatic rings. The third-order valence-electron chi connectivity index (χ3n) is 0.517. The molecular weight excluding hydrogens is 94.0 g/mol. The molecule has 42 valence electrons. The molecule has 0 rings (SSSR count). The summed E-state index contributed by atoms with van der Waals surface area (Å²) in [5.74, 6) is -0.220. The van der Waals surface area contributed by atoms with E-state index in [-0.39, 0.29) is 12.5 Å². The maximum absolute atomic E-state index is 10.1. The second kappa shape index (κ2) is 3.61. The minimum Gasteiger partial charge on any atom is -0.860 e. The van der Waals surface area contributed by atoms with Crippen molar-refractivity contribution < 1.29 is 9.84 Å². The molecule has 7 heavy (non-hydrogen) atoms. The van der Waals surface area contributed by atoms with E-state index in [1.54, 1.807) is 0 Å². The van der Waals surface area contributed by atoms with Crippen LogP contribution in [0.1, 0.15) is 0 Å². The van der Waals surface area contributed by atoms with Crippen molar-refractivity contribution in [2.75, 3.05) is 20.8 Å². The first-order valence-corrected chi connectivity index (χ1v) is 1.93. The first-order chi connectivity index (χ1) is 3.31. The summed E-state index contributed by atoms with van der Waals surface area (Å²) >= 11 is 0. The highest BCUT2D eigenvalue weighted by Gasteiger charge is 1.73. The Morgan fingerprint density at radius 3 is 2.57 bits per heavy atom. The summed E-state index contributed by atoms with van der Waals surface area (Å²) < 4.78 is 4.45. The van der Waals surface area contributed by atoms with Gasteiger partial charge in [0.05, 0.1) is 6.61 Å². The van der Waals surface area contributed by atoms with E-state index in [0.29, 0.717) is 0 Å². The van der Waals surface area contributed by atoms with Crippen LogP contribution in [-0.4, -0.2) is 26.7 Å². The molecule has 0 saturated heterocycles. The Morgan fingerprint density at radius 1 is 1.86 bits per heavy atom. The number of rotatable bonds is 2. The van der Waals surface area contributed by atoms with Crippen molar-refractivity contribution in [2.45, 2.75) is 0 Å². The average Bonchev–Trinajstić information content (AvgIpc) is 1.68. The van der Waals surface area contributed by atoms with Gasteiger partial charge in [0.25, 0.3) is 0 Å². The van der Waals surface area contributed by atoms with Crippen LogP contribution in [0.5, 0.6) is 0 Å². The Morgan fingerprint density at radius 2 is 2.43 bits per heavy atom. The van der Waals surface area contributed by atoms with Gasteiger partial charge in [-0.05, 0) is 5.90 Å². The van der Waals surface area contributed by atoms with Crippen molar-refractivity contribution in [1.29, 1.82) is 0 Å². The Kier molecular flexibility index (Phi) is 3.32. The van der Waals surface area contributed by atoms with Gasteiger partial charge in [0.2, 0.25) is 0 Å². The number of methoxy groups -OCH3 is 1. The highest BCUT2D eigenvalue weighted by atomic mass is 16.5. The fourth-order valence-electron chi connectivity index (χ4n) is 0.188. The monoisotopic (exact) mass is 102 g/mol. The van der Waals surface area contributed by atoms with Crippen LogP contribution in [0.2, 0.25) is 0 Å². The van der Waals surface area contributed by atoms with E-state index in [4.69, 9.17) is 0 Å². The normalized spacial score (nSPS) is 12.0. The van der Waals surface area contributed by atoms with E-state index < -0.39 is 0 Å². The largest absolute Gasteiger partial charge is 0.860 e. The predicted molar refractivity (Wildman–Crippen MR) is 25.2 cm³/mol. The van der Waals surface area contributed by atoms with Crippen molar-refractivity contribution in [3.63, 3.8) is 0 Å². The van der Waals surface area contributed by atoms with Crippen LogP contribution in [0.15, 0.2) is 4.99 Å². The van der Waals surface area contributed by atoms with Gasteiger partial charge in [0, 0.05) is 14.2 Å². The molecule has 0 fully saturated rings. The van der Waals surface area contributed by atoms with Gasteiger partial charge in [-0.1, -0.05) is 0 Å². The molecule has 0 N–H and O–H groups in total. The second-order valence-corrected chi connectivity index (χ2v) is 1.05. The van der Waals surface area contributed by atoms with Gasteiger partial charge in [0.15, 0.2) is 0 Å². The predicted octanol–water partition coefficient (Wildman–Crippen LogP) is -0.979. The third kappa shape index (κ3) is 3.26. The molecule has 0 saturated carbocycles. The number of nitrogens with zero attached hydrogens (tertiary/aromatic N) is 1. The van der Waals surface area contributed by atoms with E-state index in [0.717, 1.165) is 0 Å². The first kappa shape index (κ1) is 6.43. The van der Waals surface area contributed by atoms with Gasteiger partial charge < -0.3 is 14.8 Å². The quantitative estimate of drug-likeness (QED) is 0.332. The molecule has 0 unspecified atom stereocenters. The van der Waals surface area contributed by atoms with Gasteiger partial charge >= 0.3 is 0 Å². The molecule has 0 aliphatic rings. The fraction of sp³-hybridized carbons (Fsp3) is 0.750. The zero-order chi connectivity index (χ0) is 5.70. The number of hydrogen-bond acceptors (Lipinski definition) is 3. The molecule has 3 nitrogen and oxygen atoms in total. The summed E-state index contributed by atoms with van der Waals surface area (Å²) in [4.78, 5) is 3.31. The van der Waals surface area contributed by atoms with Gasteiger partial charge in [-0.25, -0.2) is 0 Å². The molecule has 3 heteroatoms. The van der Waals surface area contributed by atoms with Gasteiger partial charge in [-0.15, -0.1) is 0 Å². The summed E-state index contributed by atoms with van der Waals surface area (Å²) in [6.07, 6.45) is 0. The zero-order valence-corrected chi connectivity index (χ0v) is 4.47. The Balaban J connectivity index is 3.17. The van der Waals surface area contributed by atoms with Crippen LogP contribution in [0.4, 0.5) is 0 Å². The van der Waals surface area contributed by atoms with Crippen LogP contribution >= 0.6 is 0 Å². The number of aliphatic imine (C=N–C) groups is 1. The van der Waals surface area contributed by atoms with E-state index in [1.807, 2.05) is 0 Å². The van der Waals surface area contributed by atoms with Gasteiger partial charge in [-0.3, -0.25) is 0 Å². The summed E-state index contributed by atoms with van der Waals surface area (Å²) in [7, 11) is 2.91. The Bertz CT molecular complexity index is 70.1. The van der Waals surface area contributed by atoms with Crippen LogP contribution in [0.25, 0.3) is 0 Å². The highest BCUT2D eigenvalue weighted by Crippen LogP contribution is 1.64. The topological polar surface area (TPSA) is 44.7 Å². The lowest BCUT2D eigenvalue weighted by molar-refractivity contribution is -0.222. The van der Waals surface area contributed by atoms with E-state index in [1.165, 1.54) is 14.2 Å². The molecule has 0 aromatic heterocycles. The standard InChI is InChI=1S/C4H9NO2/c1-5-4(6)3-7-2/h3H2,1-2H3,(H,5,6)/p-1. The first-order valence-electron chi connectivity index (χ1n) is 1.93. The molecule has 0 amide bonds. The van der Waals surface area contributed by atoms with E-state index in [9.17, 15) is 5.11 Å². The molecule has 0 aliphatic carbocycles. The van der Waals surface area contributed by atoms with E-state index >= 15 is 0 Å². The van der Waals surface area contributed by atoms with Crippen molar-refractivity contribution >= 4 is 5.90 Å². The zero-order valence-electron chi connectivity index (χ0n) is 4.47. The summed E-state index contributed by atoms with van der Waals surface area (Å²) in [6, 6.07) is 0. The maximum atomic E-state index is 10.1. The number of ether oxygens (including phenoxy) is 1. The smallest absolute Gasteiger partial charge is 0.0739 e. The van der Waals surface area contributed by atoms with Crippen LogP contribution in [0.3, 0.4) is 0 Å². The lowest BCUT2D eigenvalue weighted by Gasteiger charge is -2.04. The lowest BCUT2D eigenvalue weighted by Crippen LogP contribution is -2.22. The van der Waals surface area contributed by atoms with Crippen LogP contribution < -0.4 is 5.11 Å². The molecule has 0 spiro atoms. The minimum absolute atomic E-state index is 0.0937. The van der Waals surface area contributed by atoms with Crippen LogP contribution in [-0.2, 0) is 4.74 Å². The summed E-state index contributed by atoms with van der Waals surface area (Å²) in [6.45, 7) is 0.0937. The molecule has 0 radical (unpaired) electrons.